The fraction of sp³-hybridized carbons (Fsp3) is 0.0513. The van der Waals surface area contributed by atoms with Crippen LogP contribution in [0.5, 0.6) is 5.75 Å². The lowest BCUT2D eigenvalue weighted by atomic mass is 9.82. The minimum atomic E-state index is -1.02. The van der Waals surface area contributed by atoms with Crippen molar-refractivity contribution in [3.63, 3.8) is 0 Å². The van der Waals surface area contributed by atoms with Crippen molar-refractivity contribution < 1.29 is 9.53 Å². The van der Waals surface area contributed by atoms with Crippen LogP contribution in [-0.4, -0.2) is 5.91 Å². The SMILES string of the molecule is O=C1NC(c2ccccc2)(c2ccccc2)N(c2ccccc2)c2c1c1c(c3ccccc23)OC(c2ccccc2)C=C1. The molecule has 4 nitrogen and oxygen atoms in total. The Labute approximate surface area is 250 Å². The molecule has 6 aromatic carbocycles. The number of benzene rings is 6. The predicted octanol–water partition coefficient (Wildman–Crippen LogP) is 8.77. The Morgan fingerprint density at radius 2 is 1.16 bits per heavy atom. The van der Waals surface area contributed by atoms with Crippen molar-refractivity contribution in [2.24, 2.45) is 0 Å². The van der Waals surface area contributed by atoms with Crippen molar-refractivity contribution >= 4 is 34.1 Å². The molecule has 0 radical (unpaired) electrons. The van der Waals surface area contributed by atoms with Crippen LogP contribution in [0.15, 0.2) is 152 Å². The lowest BCUT2D eigenvalue weighted by Gasteiger charge is -2.50. The first-order valence-electron chi connectivity index (χ1n) is 14.5. The zero-order valence-electron chi connectivity index (χ0n) is 23.4. The van der Waals surface area contributed by atoms with Crippen molar-refractivity contribution in [2.45, 2.75) is 11.8 Å². The average Bonchev–Trinajstić information content (AvgIpc) is 3.09. The van der Waals surface area contributed by atoms with E-state index in [0.717, 1.165) is 50.2 Å². The van der Waals surface area contributed by atoms with Gasteiger partial charge >= 0.3 is 0 Å². The minimum Gasteiger partial charge on any atom is -0.480 e. The summed E-state index contributed by atoms with van der Waals surface area (Å²) in [6.07, 6.45) is 3.85. The molecule has 43 heavy (non-hydrogen) atoms. The van der Waals surface area contributed by atoms with Gasteiger partial charge in [0.15, 0.2) is 5.66 Å². The van der Waals surface area contributed by atoms with Crippen molar-refractivity contribution in [2.75, 3.05) is 4.90 Å². The summed E-state index contributed by atoms with van der Waals surface area (Å²) in [5, 5.41) is 5.44. The number of amides is 1. The maximum atomic E-state index is 14.7. The van der Waals surface area contributed by atoms with Gasteiger partial charge in [0, 0.05) is 33.2 Å². The molecule has 1 unspecified atom stereocenters. The minimum absolute atomic E-state index is 0.150. The molecule has 8 rings (SSSR count). The van der Waals surface area contributed by atoms with Gasteiger partial charge in [0.2, 0.25) is 0 Å². The number of hydrogen-bond acceptors (Lipinski definition) is 3. The van der Waals surface area contributed by atoms with Crippen LogP contribution in [0.25, 0.3) is 16.8 Å². The van der Waals surface area contributed by atoms with E-state index < -0.39 is 5.66 Å². The van der Waals surface area contributed by atoms with Crippen molar-refractivity contribution in [1.29, 1.82) is 0 Å². The molecular weight excluding hydrogens is 528 g/mol. The van der Waals surface area contributed by atoms with E-state index in [9.17, 15) is 4.79 Å². The van der Waals surface area contributed by atoms with Gasteiger partial charge in [-0.2, -0.15) is 0 Å². The highest BCUT2D eigenvalue weighted by Crippen LogP contribution is 2.53. The highest BCUT2D eigenvalue weighted by atomic mass is 16.5. The third-order valence-corrected chi connectivity index (χ3v) is 8.47. The Morgan fingerprint density at radius 1 is 0.628 bits per heavy atom. The Kier molecular flexibility index (Phi) is 5.86. The van der Waals surface area contributed by atoms with E-state index in [0.29, 0.717) is 5.56 Å². The maximum absolute atomic E-state index is 14.7. The first kappa shape index (κ1) is 25.1. The molecule has 1 amide bonds. The van der Waals surface area contributed by atoms with E-state index in [-0.39, 0.29) is 12.0 Å². The fourth-order valence-corrected chi connectivity index (χ4v) is 6.61. The predicted molar refractivity (Wildman–Crippen MR) is 173 cm³/mol. The van der Waals surface area contributed by atoms with Gasteiger partial charge in [-0.05, 0) is 23.8 Å². The third-order valence-electron chi connectivity index (χ3n) is 8.47. The molecule has 206 valence electrons. The number of carbonyl (C=O) groups is 1. The standard InChI is InChI=1S/C39H28N2O2/c42-38-35-33-25-26-34(27-15-5-1-6-16-27)43-37(33)32-24-14-13-23-31(32)36(35)41(30-21-11-4-12-22-30)39(40-38,28-17-7-2-8-18-28)29-19-9-3-10-20-29/h1-26,34H,(H,40,42). The maximum Gasteiger partial charge on any atom is 0.256 e. The quantitative estimate of drug-likeness (QED) is 0.236. The molecule has 2 heterocycles. The summed E-state index contributed by atoms with van der Waals surface area (Å²) in [5.41, 5.74) is 5.17. The molecule has 0 bridgehead atoms. The van der Waals surface area contributed by atoms with Crippen LogP contribution < -0.4 is 15.0 Å². The monoisotopic (exact) mass is 556 g/mol. The number of nitrogens with one attached hydrogen (secondary N) is 1. The number of fused-ring (bicyclic) bond motifs is 6. The van der Waals surface area contributed by atoms with Crippen molar-refractivity contribution in [1.82, 2.24) is 5.32 Å². The number of rotatable bonds is 4. The smallest absolute Gasteiger partial charge is 0.256 e. The summed E-state index contributed by atoms with van der Waals surface area (Å²) < 4.78 is 6.72. The first-order chi connectivity index (χ1) is 21.3. The van der Waals surface area contributed by atoms with Gasteiger partial charge in [0.05, 0.1) is 11.3 Å². The number of para-hydroxylation sites is 1. The average molecular weight is 557 g/mol. The van der Waals surface area contributed by atoms with Gasteiger partial charge in [-0.25, -0.2) is 0 Å². The van der Waals surface area contributed by atoms with Crippen LogP contribution in [0.3, 0.4) is 0 Å². The number of anilines is 2. The van der Waals surface area contributed by atoms with E-state index in [1.54, 1.807) is 0 Å². The molecule has 0 aliphatic carbocycles. The topological polar surface area (TPSA) is 41.6 Å². The van der Waals surface area contributed by atoms with Crippen LogP contribution in [-0.2, 0) is 5.66 Å². The van der Waals surface area contributed by atoms with Gasteiger partial charge < -0.3 is 15.0 Å². The second kappa shape index (κ2) is 10.0. The summed E-state index contributed by atoms with van der Waals surface area (Å²) in [5.74, 6) is 0.573. The molecule has 1 atom stereocenters. The molecule has 0 spiro atoms. The number of carbonyl (C=O) groups excluding carboxylic acids is 1. The highest BCUT2D eigenvalue weighted by Gasteiger charge is 2.49. The number of hydrogen-bond donors (Lipinski definition) is 1. The second-order valence-electron chi connectivity index (χ2n) is 10.9. The van der Waals surface area contributed by atoms with E-state index >= 15 is 0 Å². The second-order valence-corrected chi connectivity index (χ2v) is 10.9. The highest BCUT2D eigenvalue weighted by molar-refractivity contribution is 6.17. The molecule has 6 aromatic rings. The molecule has 0 saturated heterocycles. The van der Waals surface area contributed by atoms with Crippen LogP contribution >= 0.6 is 0 Å². The normalized spacial score (nSPS) is 16.6. The van der Waals surface area contributed by atoms with Crippen LogP contribution in [0, 0.1) is 0 Å². The zero-order chi connectivity index (χ0) is 28.8. The Morgan fingerprint density at radius 3 is 1.79 bits per heavy atom. The molecular formula is C39H28N2O2. The van der Waals surface area contributed by atoms with Crippen LogP contribution in [0.4, 0.5) is 11.4 Å². The molecule has 0 fully saturated rings. The Hall–Kier alpha value is -5.61. The van der Waals surface area contributed by atoms with Gasteiger partial charge in [-0.15, -0.1) is 0 Å². The van der Waals surface area contributed by atoms with E-state index in [1.165, 1.54) is 0 Å². The van der Waals surface area contributed by atoms with Gasteiger partial charge in [-0.3, -0.25) is 4.79 Å². The van der Waals surface area contributed by atoms with Crippen LogP contribution in [0.2, 0.25) is 0 Å². The first-order valence-corrected chi connectivity index (χ1v) is 14.5. The van der Waals surface area contributed by atoms with Crippen molar-refractivity contribution in [3.8, 4) is 5.75 Å². The van der Waals surface area contributed by atoms with E-state index in [2.05, 4.69) is 77.0 Å². The molecule has 2 aliphatic rings. The summed E-state index contributed by atoms with van der Waals surface area (Å²) in [6.45, 7) is 0. The summed E-state index contributed by atoms with van der Waals surface area (Å²) in [6, 6.07) is 49.2. The lowest BCUT2D eigenvalue weighted by molar-refractivity contribution is 0.0902. The van der Waals surface area contributed by atoms with Crippen LogP contribution in [0.1, 0.15) is 38.7 Å². The Bertz CT molecular complexity index is 1950. The third kappa shape index (κ3) is 3.87. The molecule has 2 aliphatic heterocycles. The molecule has 0 saturated carbocycles. The molecule has 1 N–H and O–H groups in total. The van der Waals surface area contributed by atoms with Crippen molar-refractivity contribution in [3.05, 3.63) is 179 Å². The summed E-state index contributed by atoms with van der Waals surface area (Å²) in [7, 11) is 0. The van der Waals surface area contributed by atoms with Gasteiger partial charge in [0.25, 0.3) is 5.91 Å². The Balaban J connectivity index is 1.47. The number of nitrogens with zero attached hydrogens (tertiary/aromatic N) is 1. The largest absolute Gasteiger partial charge is 0.480 e. The fourth-order valence-electron chi connectivity index (χ4n) is 6.61. The van der Waals surface area contributed by atoms with E-state index in [1.807, 2.05) is 91.0 Å². The zero-order valence-corrected chi connectivity index (χ0v) is 23.4. The molecule has 0 aromatic heterocycles. The van der Waals surface area contributed by atoms with Gasteiger partial charge in [0.1, 0.15) is 11.9 Å². The summed E-state index contributed by atoms with van der Waals surface area (Å²) in [4.78, 5) is 17.0. The summed E-state index contributed by atoms with van der Waals surface area (Å²) >= 11 is 0. The molecule has 4 heteroatoms. The van der Waals surface area contributed by atoms with Gasteiger partial charge in [-0.1, -0.05) is 140 Å². The van der Waals surface area contributed by atoms with E-state index in [4.69, 9.17) is 4.74 Å². The lowest BCUT2D eigenvalue weighted by Crippen LogP contribution is -2.61. The number of ether oxygens (including phenoxy) is 1.